The maximum Gasteiger partial charge on any atom is 0.239 e. The Bertz CT molecular complexity index is 289. The minimum atomic E-state index is -0.463. The Balaban J connectivity index is 2.49. The molecule has 0 aromatic rings. The molecule has 1 heterocycles. The third-order valence-corrected chi connectivity index (χ3v) is 2.99. The summed E-state index contributed by atoms with van der Waals surface area (Å²) in [5.74, 6) is -0.00639. The smallest absolute Gasteiger partial charge is 0.239 e. The van der Waals surface area contributed by atoms with Crippen LogP contribution in [-0.4, -0.2) is 41.9 Å². The van der Waals surface area contributed by atoms with E-state index in [1.807, 2.05) is 13.8 Å². The van der Waals surface area contributed by atoms with Gasteiger partial charge in [0.15, 0.2) is 0 Å². The molecule has 1 unspecified atom stereocenters. The van der Waals surface area contributed by atoms with E-state index in [0.29, 0.717) is 6.54 Å². The number of piperidine rings is 1. The van der Waals surface area contributed by atoms with E-state index in [1.54, 1.807) is 11.8 Å². The van der Waals surface area contributed by atoms with E-state index in [9.17, 15) is 9.59 Å². The molecule has 17 heavy (non-hydrogen) atoms. The van der Waals surface area contributed by atoms with Gasteiger partial charge >= 0.3 is 0 Å². The molecule has 2 amide bonds. The zero-order valence-corrected chi connectivity index (χ0v) is 10.9. The number of nitrogens with two attached hydrogens (primary N) is 1. The van der Waals surface area contributed by atoms with Gasteiger partial charge in [0.25, 0.3) is 0 Å². The SMILES string of the molecule is CC(C)C(=O)NC1CCCN(C(=O)[C@@H](C)N)C1. The number of nitrogens with one attached hydrogen (secondary N) is 1. The highest BCUT2D eigenvalue weighted by Gasteiger charge is 2.26. The highest BCUT2D eigenvalue weighted by molar-refractivity contribution is 5.81. The molecule has 0 aliphatic carbocycles. The molecular weight excluding hydrogens is 218 g/mol. The summed E-state index contributed by atoms with van der Waals surface area (Å²) in [5, 5.41) is 2.97. The van der Waals surface area contributed by atoms with Crippen LogP contribution in [-0.2, 0) is 9.59 Å². The first-order valence-corrected chi connectivity index (χ1v) is 6.26. The second-order valence-electron chi connectivity index (χ2n) is 5.08. The first kappa shape index (κ1) is 14.0. The van der Waals surface area contributed by atoms with Crippen molar-refractivity contribution in [2.45, 2.75) is 45.7 Å². The van der Waals surface area contributed by atoms with Gasteiger partial charge < -0.3 is 16.0 Å². The Hall–Kier alpha value is -1.10. The average molecular weight is 241 g/mol. The molecule has 0 spiro atoms. The van der Waals surface area contributed by atoms with Crippen LogP contribution in [0.15, 0.2) is 0 Å². The van der Waals surface area contributed by atoms with Crippen LogP contribution >= 0.6 is 0 Å². The van der Waals surface area contributed by atoms with Crippen molar-refractivity contribution < 1.29 is 9.59 Å². The topological polar surface area (TPSA) is 75.4 Å². The molecular formula is C12H23N3O2. The van der Waals surface area contributed by atoms with E-state index in [1.165, 1.54) is 0 Å². The maximum atomic E-state index is 11.8. The van der Waals surface area contributed by atoms with Crippen molar-refractivity contribution in [1.82, 2.24) is 10.2 Å². The molecule has 1 saturated heterocycles. The molecule has 0 radical (unpaired) electrons. The van der Waals surface area contributed by atoms with E-state index >= 15 is 0 Å². The van der Waals surface area contributed by atoms with E-state index in [0.717, 1.165) is 19.4 Å². The van der Waals surface area contributed by atoms with E-state index in [4.69, 9.17) is 5.73 Å². The van der Waals surface area contributed by atoms with Crippen LogP contribution in [0.4, 0.5) is 0 Å². The normalized spacial score (nSPS) is 22.4. The minimum absolute atomic E-state index is 0.0190. The number of rotatable bonds is 3. The van der Waals surface area contributed by atoms with Crippen molar-refractivity contribution in [3.05, 3.63) is 0 Å². The van der Waals surface area contributed by atoms with Crippen LogP contribution in [0.5, 0.6) is 0 Å². The van der Waals surface area contributed by atoms with Crippen molar-refractivity contribution in [3.8, 4) is 0 Å². The summed E-state index contributed by atoms with van der Waals surface area (Å²) in [7, 11) is 0. The number of nitrogens with zero attached hydrogens (tertiary/aromatic N) is 1. The second kappa shape index (κ2) is 6.00. The van der Waals surface area contributed by atoms with Gasteiger partial charge in [-0.2, -0.15) is 0 Å². The first-order valence-electron chi connectivity index (χ1n) is 6.26. The van der Waals surface area contributed by atoms with Crippen molar-refractivity contribution >= 4 is 11.8 Å². The van der Waals surface area contributed by atoms with Crippen molar-refractivity contribution in [3.63, 3.8) is 0 Å². The fourth-order valence-electron chi connectivity index (χ4n) is 1.95. The number of likely N-dealkylation sites (tertiary alicyclic amines) is 1. The zero-order chi connectivity index (χ0) is 13.0. The number of hydrogen-bond acceptors (Lipinski definition) is 3. The molecule has 1 aliphatic heterocycles. The third kappa shape index (κ3) is 4.00. The lowest BCUT2D eigenvalue weighted by molar-refractivity contribution is -0.134. The molecule has 5 nitrogen and oxygen atoms in total. The van der Waals surface area contributed by atoms with Gasteiger partial charge in [0.1, 0.15) is 0 Å². The number of carbonyl (C=O) groups is 2. The Morgan fingerprint density at radius 1 is 1.35 bits per heavy atom. The summed E-state index contributed by atoms with van der Waals surface area (Å²) in [4.78, 5) is 25.1. The maximum absolute atomic E-state index is 11.8. The first-order chi connectivity index (χ1) is 7.91. The Labute approximate surface area is 103 Å². The lowest BCUT2D eigenvalue weighted by Gasteiger charge is -2.34. The molecule has 0 aromatic heterocycles. The molecule has 98 valence electrons. The number of hydrogen-bond donors (Lipinski definition) is 2. The molecule has 5 heteroatoms. The Morgan fingerprint density at radius 2 is 2.00 bits per heavy atom. The molecule has 0 saturated carbocycles. The lowest BCUT2D eigenvalue weighted by Crippen LogP contribution is -2.53. The molecule has 1 fully saturated rings. The monoisotopic (exact) mass is 241 g/mol. The molecule has 0 bridgehead atoms. The largest absolute Gasteiger partial charge is 0.351 e. The summed E-state index contributed by atoms with van der Waals surface area (Å²) in [6.45, 7) is 6.75. The van der Waals surface area contributed by atoms with Crippen LogP contribution in [0.2, 0.25) is 0 Å². The molecule has 2 atom stereocenters. The third-order valence-electron chi connectivity index (χ3n) is 2.99. The quantitative estimate of drug-likeness (QED) is 0.735. The standard InChI is InChI=1S/C12H23N3O2/c1-8(2)11(16)14-10-5-4-6-15(7-10)12(17)9(3)13/h8-10H,4-7,13H2,1-3H3,(H,14,16)/t9-,10?/m1/s1. The van der Waals surface area contributed by atoms with E-state index in [2.05, 4.69) is 5.32 Å². The van der Waals surface area contributed by atoms with Gasteiger partial charge in [0.05, 0.1) is 6.04 Å². The summed E-state index contributed by atoms with van der Waals surface area (Å²) in [6, 6.07) is -0.393. The lowest BCUT2D eigenvalue weighted by atomic mass is 10.0. The molecule has 3 N–H and O–H groups in total. The predicted octanol–water partition coefficient (Wildman–Crippen LogP) is 0.0968. The fourth-order valence-corrected chi connectivity index (χ4v) is 1.95. The van der Waals surface area contributed by atoms with Gasteiger partial charge in [-0.25, -0.2) is 0 Å². The predicted molar refractivity (Wildman–Crippen MR) is 66.2 cm³/mol. The highest BCUT2D eigenvalue weighted by Crippen LogP contribution is 2.11. The molecule has 0 aromatic carbocycles. The van der Waals surface area contributed by atoms with Crippen LogP contribution in [0.3, 0.4) is 0 Å². The summed E-state index contributed by atoms with van der Waals surface area (Å²) < 4.78 is 0. The van der Waals surface area contributed by atoms with Crippen LogP contribution in [0, 0.1) is 5.92 Å². The van der Waals surface area contributed by atoms with Gasteiger partial charge in [-0.3, -0.25) is 9.59 Å². The molecule has 1 rings (SSSR count). The fraction of sp³-hybridized carbons (Fsp3) is 0.833. The van der Waals surface area contributed by atoms with Gasteiger partial charge in [-0.05, 0) is 19.8 Å². The van der Waals surface area contributed by atoms with Crippen molar-refractivity contribution in [2.24, 2.45) is 11.7 Å². The van der Waals surface area contributed by atoms with Gasteiger partial charge in [0.2, 0.25) is 11.8 Å². The minimum Gasteiger partial charge on any atom is -0.351 e. The van der Waals surface area contributed by atoms with Gasteiger partial charge in [-0.15, -0.1) is 0 Å². The Morgan fingerprint density at radius 3 is 2.53 bits per heavy atom. The highest BCUT2D eigenvalue weighted by atomic mass is 16.2. The number of amides is 2. The van der Waals surface area contributed by atoms with Crippen molar-refractivity contribution in [2.75, 3.05) is 13.1 Å². The van der Waals surface area contributed by atoms with Gasteiger partial charge in [0, 0.05) is 25.0 Å². The van der Waals surface area contributed by atoms with Crippen LogP contribution in [0.25, 0.3) is 0 Å². The summed E-state index contributed by atoms with van der Waals surface area (Å²) in [6.07, 6.45) is 1.85. The summed E-state index contributed by atoms with van der Waals surface area (Å²) >= 11 is 0. The second-order valence-corrected chi connectivity index (χ2v) is 5.08. The van der Waals surface area contributed by atoms with Crippen LogP contribution in [0.1, 0.15) is 33.6 Å². The summed E-state index contributed by atoms with van der Waals surface area (Å²) in [5.41, 5.74) is 5.58. The van der Waals surface area contributed by atoms with Gasteiger partial charge in [-0.1, -0.05) is 13.8 Å². The van der Waals surface area contributed by atoms with Crippen molar-refractivity contribution in [1.29, 1.82) is 0 Å². The molecule has 1 aliphatic rings. The average Bonchev–Trinajstić information content (AvgIpc) is 2.28. The Kier molecular flexibility index (Phi) is 4.93. The zero-order valence-electron chi connectivity index (χ0n) is 10.9. The van der Waals surface area contributed by atoms with E-state index < -0.39 is 6.04 Å². The van der Waals surface area contributed by atoms with E-state index in [-0.39, 0.29) is 23.8 Å². The number of carbonyl (C=O) groups excluding carboxylic acids is 2. The van der Waals surface area contributed by atoms with Crippen LogP contribution < -0.4 is 11.1 Å².